The van der Waals surface area contributed by atoms with Crippen molar-refractivity contribution in [3.8, 4) is 0 Å². The second-order valence-corrected chi connectivity index (χ2v) is 5.77. The fourth-order valence-corrected chi connectivity index (χ4v) is 2.77. The van der Waals surface area contributed by atoms with Gasteiger partial charge < -0.3 is 5.11 Å². The summed E-state index contributed by atoms with van der Waals surface area (Å²) in [7, 11) is 0. The van der Waals surface area contributed by atoms with Crippen molar-refractivity contribution in [1.29, 1.82) is 0 Å². The van der Waals surface area contributed by atoms with Gasteiger partial charge >= 0.3 is 0 Å². The number of nitrogens with zero attached hydrogens (tertiary/aromatic N) is 1. The Morgan fingerprint density at radius 2 is 1.94 bits per heavy atom. The minimum atomic E-state index is -0.234. The first-order chi connectivity index (χ1) is 8.00. The van der Waals surface area contributed by atoms with Crippen molar-refractivity contribution in [1.82, 2.24) is 4.90 Å². The van der Waals surface area contributed by atoms with Gasteiger partial charge in [-0.3, -0.25) is 4.90 Å². The Bertz CT molecular complexity index is 245. The van der Waals surface area contributed by atoms with E-state index < -0.39 is 0 Å². The third-order valence-corrected chi connectivity index (χ3v) is 4.36. The van der Waals surface area contributed by atoms with Crippen molar-refractivity contribution >= 4 is 0 Å². The lowest BCUT2D eigenvalue weighted by Crippen LogP contribution is -2.55. The van der Waals surface area contributed by atoms with E-state index in [2.05, 4.69) is 25.3 Å². The molecule has 17 heavy (non-hydrogen) atoms. The number of aliphatic hydroxyl groups excluding tert-OH is 1. The lowest BCUT2D eigenvalue weighted by Gasteiger charge is -2.46. The first-order valence-electron chi connectivity index (χ1n) is 7.08. The third kappa shape index (κ3) is 3.82. The molecule has 1 aliphatic heterocycles. The molecule has 0 bridgehead atoms. The van der Waals surface area contributed by atoms with Crippen LogP contribution in [0.15, 0.2) is 12.2 Å². The zero-order chi connectivity index (χ0) is 12.9. The van der Waals surface area contributed by atoms with E-state index >= 15 is 0 Å². The summed E-state index contributed by atoms with van der Waals surface area (Å²) in [5.41, 5.74) is 1.12. The number of rotatable bonds is 6. The fourth-order valence-electron chi connectivity index (χ4n) is 2.77. The molecule has 0 aromatic heterocycles. The number of allylic oxidation sites excluding steroid dienone is 1. The SMILES string of the molecule is C=C(C)CCC(O)C(C)(CC)N1CCCCC1. The minimum Gasteiger partial charge on any atom is -0.391 e. The highest BCUT2D eigenvalue weighted by Crippen LogP contribution is 2.29. The average Bonchev–Trinajstić information content (AvgIpc) is 2.35. The first kappa shape index (κ1) is 14.7. The molecule has 0 aliphatic carbocycles. The second kappa shape index (κ2) is 6.55. The Morgan fingerprint density at radius 1 is 1.35 bits per heavy atom. The van der Waals surface area contributed by atoms with Gasteiger partial charge in [-0.2, -0.15) is 0 Å². The maximum atomic E-state index is 10.5. The standard InChI is InChI=1S/C15H29NO/c1-5-15(4,14(17)10-9-13(2)3)16-11-7-6-8-12-16/h14,17H,2,5-12H2,1,3-4H3. The zero-order valence-corrected chi connectivity index (χ0v) is 11.8. The topological polar surface area (TPSA) is 23.5 Å². The average molecular weight is 239 g/mol. The molecule has 2 heteroatoms. The Labute approximate surface area is 107 Å². The minimum absolute atomic E-state index is 0.0458. The molecule has 0 spiro atoms. The number of hydrogen-bond acceptors (Lipinski definition) is 2. The summed E-state index contributed by atoms with van der Waals surface area (Å²) in [6, 6.07) is 0. The van der Waals surface area contributed by atoms with Crippen LogP contribution in [-0.4, -0.2) is 34.7 Å². The molecule has 0 aromatic rings. The molecule has 0 amide bonds. The Hall–Kier alpha value is -0.340. The van der Waals surface area contributed by atoms with Crippen LogP contribution in [0.4, 0.5) is 0 Å². The van der Waals surface area contributed by atoms with Gasteiger partial charge in [0, 0.05) is 5.54 Å². The van der Waals surface area contributed by atoms with Gasteiger partial charge in [0.25, 0.3) is 0 Å². The van der Waals surface area contributed by atoms with Crippen LogP contribution in [0, 0.1) is 0 Å². The molecule has 2 nitrogen and oxygen atoms in total. The lowest BCUT2D eigenvalue weighted by atomic mass is 9.85. The highest BCUT2D eigenvalue weighted by Gasteiger charge is 2.37. The Balaban J connectivity index is 2.61. The normalized spacial score (nSPS) is 23.1. The molecule has 100 valence electrons. The summed E-state index contributed by atoms with van der Waals surface area (Å²) >= 11 is 0. The van der Waals surface area contributed by atoms with E-state index in [0.717, 1.165) is 32.4 Å². The molecule has 2 atom stereocenters. The summed E-state index contributed by atoms with van der Waals surface area (Å²) in [5.74, 6) is 0. The van der Waals surface area contributed by atoms with Crippen LogP contribution >= 0.6 is 0 Å². The van der Waals surface area contributed by atoms with Gasteiger partial charge in [-0.1, -0.05) is 18.9 Å². The molecule has 1 heterocycles. The maximum absolute atomic E-state index is 10.5. The quantitative estimate of drug-likeness (QED) is 0.718. The van der Waals surface area contributed by atoms with Gasteiger partial charge in [-0.05, 0) is 59.0 Å². The molecule has 2 unspecified atom stereocenters. The third-order valence-electron chi connectivity index (χ3n) is 4.36. The molecule has 1 fully saturated rings. The number of likely N-dealkylation sites (tertiary alicyclic amines) is 1. The van der Waals surface area contributed by atoms with Crippen LogP contribution in [-0.2, 0) is 0 Å². The smallest absolute Gasteiger partial charge is 0.0724 e. The van der Waals surface area contributed by atoms with Gasteiger partial charge in [0.15, 0.2) is 0 Å². The second-order valence-electron chi connectivity index (χ2n) is 5.77. The van der Waals surface area contributed by atoms with Gasteiger partial charge in [-0.15, -0.1) is 6.58 Å². The van der Waals surface area contributed by atoms with E-state index in [1.165, 1.54) is 24.8 Å². The summed E-state index contributed by atoms with van der Waals surface area (Å²) < 4.78 is 0. The van der Waals surface area contributed by atoms with Gasteiger partial charge in [0.1, 0.15) is 0 Å². The van der Waals surface area contributed by atoms with E-state index in [9.17, 15) is 5.11 Å². The predicted octanol–water partition coefficient (Wildman–Crippen LogP) is 3.36. The van der Waals surface area contributed by atoms with E-state index in [1.54, 1.807) is 0 Å². The number of hydrogen-bond donors (Lipinski definition) is 1. The Morgan fingerprint density at radius 3 is 2.41 bits per heavy atom. The van der Waals surface area contributed by atoms with Gasteiger partial charge in [0.2, 0.25) is 0 Å². The molecule has 1 rings (SSSR count). The molecular weight excluding hydrogens is 210 g/mol. The molecule has 0 saturated carbocycles. The van der Waals surface area contributed by atoms with Crippen molar-refractivity contribution in [2.45, 2.75) is 70.9 Å². The van der Waals surface area contributed by atoms with Crippen LogP contribution < -0.4 is 0 Å². The van der Waals surface area contributed by atoms with Crippen molar-refractivity contribution in [2.24, 2.45) is 0 Å². The molecule has 0 radical (unpaired) electrons. The summed E-state index contributed by atoms with van der Waals surface area (Å²) in [6.45, 7) is 12.7. The fraction of sp³-hybridized carbons (Fsp3) is 0.867. The largest absolute Gasteiger partial charge is 0.391 e. The summed E-state index contributed by atoms with van der Waals surface area (Å²) in [5, 5.41) is 10.5. The van der Waals surface area contributed by atoms with Crippen molar-refractivity contribution in [2.75, 3.05) is 13.1 Å². The van der Waals surface area contributed by atoms with Gasteiger partial charge in [-0.25, -0.2) is 0 Å². The van der Waals surface area contributed by atoms with E-state index in [1.807, 2.05) is 6.92 Å². The molecule has 0 aromatic carbocycles. The van der Waals surface area contributed by atoms with E-state index in [4.69, 9.17) is 0 Å². The molecular formula is C15H29NO. The van der Waals surface area contributed by atoms with Crippen LogP contribution in [0.5, 0.6) is 0 Å². The van der Waals surface area contributed by atoms with Crippen molar-refractivity contribution in [3.05, 3.63) is 12.2 Å². The number of aliphatic hydroxyl groups is 1. The Kier molecular flexibility index (Phi) is 5.68. The zero-order valence-electron chi connectivity index (χ0n) is 11.8. The van der Waals surface area contributed by atoms with Crippen LogP contribution in [0.1, 0.15) is 59.3 Å². The van der Waals surface area contributed by atoms with Gasteiger partial charge in [0.05, 0.1) is 6.10 Å². The number of piperidine rings is 1. The summed E-state index contributed by atoms with van der Waals surface area (Å²) in [4.78, 5) is 2.50. The van der Waals surface area contributed by atoms with Crippen LogP contribution in [0.2, 0.25) is 0 Å². The van der Waals surface area contributed by atoms with E-state index in [0.29, 0.717) is 0 Å². The lowest BCUT2D eigenvalue weighted by molar-refractivity contribution is -0.0367. The summed E-state index contributed by atoms with van der Waals surface area (Å²) in [6.07, 6.45) is 6.47. The monoisotopic (exact) mass is 239 g/mol. The highest BCUT2D eigenvalue weighted by molar-refractivity contribution is 4.96. The van der Waals surface area contributed by atoms with Crippen LogP contribution in [0.3, 0.4) is 0 Å². The van der Waals surface area contributed by atoms with Crippen LogP contribution in [0.25, 0.3) is 0 Å². The first-order valence-corrected chi connectivity index (χ1v) is 7.08. The van der Waals surface area contributed by atoms with Crippen molar-refractivity contribution in [3.63, 3.8) is 0 Å². The maximum Gasteiger partial charge on any atom is 0.0724 e. The van der Waals surface area contributed by atoms with Crippen molar-refractivity contribution < 1.29 is 5.11 Å². The predicted molar refractivity (Wildman–Crippen MR) is 74.2 cm³/mol. The molecule has 1 N–H and O–H groups in total. The highest BCUT2D eigenvalue weighted by atomic mass is 16.3. The van der Waals surface area contributed by atoms with E-state index in [-0.39, 0.29) is 11.6 Å². The molecule has 1 aliphatic rings. The molecule has 1 saturated heterocycles.